The van der Waals surface area contributed by atoms with Gasteiger partial charge in [0.1, 0.15) is 23.3 Å². The van der Waals surface area contributed by atoms with Crippen molar-refractivity contribution in [3.63, 3.8) is 0 Å². The van der Waals surface area contributed by atoms with Gasteiger partial charge in [-0.25, -0.2) is 0 Å². The molecule has 7 heteroatoms. The van der Waals surface area contributed by atoms with Crippen LogP contribution in [0.25, 0.3) is 5.76 Å². The van der Waals surface area contributed by atoms with Gasteiger partial charge in [-0.1, -0.05) is 26.0 Å². The van der Waals surface area contributed by atoms with Crippen LogP contribution in [0.3, 0.4) is 0 Å². The molecule has 0 radical (unpaired) electrons. The van der Waals surface area contributed by atoms with Crippen molar-refractivity contribution in [1.82, 2.24) is 0 Å². The highest BCUT2D eigenvalue weighted by molar-refractivity contribution is 7.10. The average Bonchev–Trinajstić information content (AvgIpc) is 3.41. The minimum absolute atomic E-state index is 0.0106. The number of hydrogen-bond donors (Lipinski definition) is 2. The number of nitrogens with zero attached hydrogens (tertiary/aromatic N) is 1. The molecule has 1 atom stereocenters. The van der Waals surface area contributed by atoms with Crippen LogP contribution in [-0.4, -0.2) is 28.5 Å². The molecule has 1 aliphatic heterocycles. The molecule has 2 aromatic carbocycles. The fourth-order valence-corrected chi connectivity index (χ4v) is 4.82. The number of benzene rings is 2. The summed E-state index contributed by atoms with van der Waals surface area (Å²) in [5.41, 5.74) is 2.27. The molecule has 1 saturated heterocycles. The fourth-order valence-electron chi connectivity index (χ4n) is 3.99. The molecule has 34 heavy (non-hydrogen) atoms. The lowest BCUT2D eigenvalue weighted by molar-refractivity contribution is -0.132. The summed E-state index contributed by atoms with van der Waals surface area (Å²) in [5, 5.41) is 23.6. The number of ether oxygens (including phenoxy) is 1. The SMILES string of the molecule is Cc1ccc(O)c(N2C(=O)C(=O)/C(=C(\O)c3ccc(OCC(C)C)c(C)c3)C2c2cccs2)c1. The first-order valence-electron chi connectivity index (χ1n) is 11.1. The van der Waals surface area contributed by atoms with Crippen LogP contribution in [0.5, 0.6) is 11.5 Å². The molecular formula is C27H27NO5S. The summed E-state index contributed by atoms with van der Waals surface area (Å²) in [6, 6.07) is 12.8. The third kappa shape index (κ3) is 4.31. The topological polar surface area (TPSA) is 87.1 Å². The molecule has 0 bridgehead atoms. The first-order valence-corrected chi connectivity index (χ1v) is 11.9. The Kier molecular flexibility index (Phi) is 6.48. The van der Waals surface area contributed by atoms with E-state index < -0.39 is 17.7 Å². The average molecular weight is 478 g/mol. The van der Waals surface area contributed by atoms with Gasteiger partial charge < -0.3 is 14.9 Å². The lowest BCUT2D eigenvalue weighted by Crippen LogP contribution is -2.29. The number of aryl methyl sites for hydroxylation is 2. The third-order valence-electron chi connectivity index (χ3n) is 5.67. The van der Waals surface area contributed by atoms with Gasteiger partial charge in [0.2, 0.25) is 0 Å². The molecular weight excluding hydrogens is 450 g/mol. The summed E-state index contributed by atoms with van der Waals surface area (Å²) in [6.07, 6.45) is 0. The molecule has 1 fully saturated rings. The molecule has 2 heterocycles. The Bertz CT molecular complexity index is 1280. The van der Waals surface area contributed by atoms with Crippen molar-refractivity contribution in [2.24, 2.45) is 5.92 Å². The summed E-state index contributed by atoms with van der Waals surface area (Å²) >= 11 is 1.37. The van der Waals surface area contributed by atoms with Crippen molar-refractivity contribution in [1.29, 1.82) is 0 Å². The smallest absolute Gasteiger partial charge is 0.300 e. The van der Waals surface area contributed by atoms with E-state index in [-0.39, 0.29) is 22.8 Å². The summed E-state index contributed by atoms with van der Waals surface area (Å²) in [4.78, 5) is 28.4. The number of phenolic OH excluding ortho intramolecular Hbond substituents is 1. The Balaban J connectivity index is 1.84. The summed E-state index contributed by atoms with van der Waals surface area (Å²) < 4.78 is 5.82. The standard InChI is InChI=1S/C27H27NO5S/c1-15(2)14-33-21-10-8-18(13-17(21)4)25(30)23-24(22-6-5-11-34-22)28(27(32)26(23)31)19-12-16(3)7-9-20(19)29/h5-13,15,24,29-30H,14H2,1-4H3/b25-23-. The van der Waals surface area contributed by atoms with Crippen LogP contribution in [0.1, 0.15) is 41.5 Å². The van der Waals surface area contributed by atoms with Gasteiger partial charge in [-0.3, -0.25) is 14.5 Å². The van der Waals surface area contributed by atoms with Crippen molar-refractivity contribution in [2.75, 3.05) is 11.5 Å². The van der Waals surface area contributed by atoms with Gasteiger partial charge in [0, 0.05) is 10.4 Å². The first-order chi connectivity index (χ1) is 16.2. The number of rotatable bonds is 6. The number of carbonyl (C=O) groups is 2. The Morgan fingerprint density at radius 2 is 1.88 bits per heavy atom. The van der Waals surface area contributed by atoms with E-state index in [2.05, 4.69) is 13.8 Å². The highest BCUT2D eigenvalue weighted by Gasteiger charge is 2.48. The second kappa shape index (κ2) is 9.35. The van der Waals surface area contributed by atoms with Crippen LogP contribution in [0.15, 0.2) is 59.5 Å². The molecule has 1 amide bonds. The van der Waals surface area contributed by atoms with Gasteiger partial charge in [-0.15, -0.1) is 11.3 Å². The largest absolute Gasteiger partial charge is 0.507 e. The number of ketones is 1. The summed E-state index contributed by atoms with van der Waals surface area (Å²) in [5.74, 6) is -0.900. The van der Waals surface area contributed by atoms with Crippen LogP contribution in [0.2, 0.25) is 0 Å². The van der Waals surface area contributed by atoms with E-state index in [1.165, 1.54) is 22.3 Å². The predicted molar refractivity (Wildman–Crippen MR) is 133 cm³/mol. The second-order valence-corrected chi connectivity index (χ2v) is 9.84. The van der Waals surface area contributed by atoms with E-state index in [1.54, 1.807) is 30.3 Å². The molecule has 0 aliphatic carbocycles. The van der Waals surface area contributed by atoms with E-state index in [1.807, 2.05) is 31.4 Å². The number of aromatic hydroxyl groups is 1. The summed E-state index contributed by atoms with van der Waals surface area (Å²) in [7, 11) is 0. The molecule has 0 saturated carbocycles. The van der Waals surface area contributed by atoms with E-state index in [0.717, 1.165) is 11.1 Å². The Morgan fingerprint density at radius 1 is 1.12 bits per heavy atom. The van der Waals surface area contributed by atoms with Crippen molar-refractivity contribution in [2.45, 2.75) is 33.7 Å². The van der Waals surface area contributed by atoms with Gasteiger partial charge >= 0.3 is 0 Å². The fraction of sp³-hybridized carbons (Fsp3) is 0.259. The van der Waals surface area contributed by atoms with Gasteiger partial charge in [0.25, 0.3) is 11.7 Å². The minimum atomic E-state index is -0.857. The highest BCUT2D eigenvalue weighted by Crippen LogP contribution is 2.46. The summed E-state index contributed by atoms with van der Waals surface area (Å²) in [6.45, 7) is 8.39. The number of phenols is 1. The van der Waals surface area contributed by atoms with Crippen LogP contribution < -0.4 is 9.64 Å². The van der Waals surface area contributed by atoms with Crippen molar-refractivity contribution in [3.05, 3.63) is 81.1 Å². The number of aliphatic hydroxyl groups is 1. The van der Waals surface area contributed by atoms with Gasteiger partial charge in [0.15, 0.2) is 0 Å². The zero-order chi connectivity index (χ0) is 24.6. The lowest BCUT2D eigenvalue weighted by atomic mass is 9.98. The monoisotopic (exact) mass is 477 g/mol. The van der Waals surface area contributed by atoms with Gasteiger partial charge in [-0.05, 0) is 72.7 Å². The Morgan fingerprint density at radius 3 is 2.53 bits per heavy atom. The van der Waals surface area contributed by atoms with Gasteiger partial charge in [-0.2, -0.15) is 0 Å². The van der Waals surface area contributed by atoms with Crippen molar-refractivity contribution in [3.8, 4) is 11.5 Å². The Labute approximate surface area is 202 Å². The molecule has 3 aromatic rings. The zero-order valence-electron chi connectivity index (χ0n) is 19.5. The normalized spacial score (nSPS) is 17.6. The quantitative estimate of drug-likeness (QED) is 0.269. The van der Waals surface area contributed by atoms with E-state index in [0.29, 0.717) is 28.7 Å². The van der Waals surface area contributed by atoms with Gasteiger partial charge in [0.05, 0.1) is 17.9 Å². The molecule has 1 unspecified atom stereocenters. The van der Waals surface area contributed by atoms with Crippen molar-refractivity contribution >= 4 is 34.5 Å². The maximum atomic E-state index is 13.2. The molecule has 176 valence electrons. The lowest BCUT2D eigenvalue weighted by Gasteiger charge is -2.25. The van der Waals surface area contributed by atoms with Crippen LogP contribution in [0, 0.1) is 19.8 Å². The molecule has 4 rings (SSSR count). The maximum absolute atomic E-state index is 13.2. The predicted octanol–water partition coefficient (Wildman–Crippen LogP) is 5.73. The zero-order valence-corrected chi connectivity index (χ0v) is 20.3. The minimum Gasteiger partial charge on any atom is -0.507 e. The maximum Gasteiger partial charge on any atom is 0.300 e. The van der Waals surface area contributed by atoms with E-state index in [4.69, 9.17) is 4.74 Å². The number of amides is 1. The first kappa shape index (κ1) is 23.6. The number of hydrogen-bond acceptors (Lipinski definition) is 6. The number of anilines is 1. The van der Waals surface area contributed by atoms with E-state index in [9.17, 15) is 19.8 Å². The highest BCUT2D eigenvalue weighted by atomic mass is 32.1. The molecule has 6 nitrogen and oxygen atoms in total. The Hall–Kier alpha value is -3.58. The number of Topliss-reactive ketones (excluding diaryl/α,β-unsaturated/α-hetero) is 1. The molecule has 2 N–H and O–H groups in total. The number of carbonyl (C=O) groups excluding carboxylic acids is 2. The number of aliphatic hydroxyl groups excluding tert-OH is 1. The molecule has 1 aliphatic rings. The van der Waals surface area contributed by atoms with Crippen LogP contribution in [-0.2, 0) is 9.59 Å². The molecule has 1 aromatic heterocycles. The second-order valence-electron chi connectivity index (χ2n) is 8.86. The van der Waals surface area contributed by atoms with E-state index >= 15 is 0 Å². The third-order valence-corrected chi connectivity index (χ3v) is 6.59. The van der Waals surface area contributed by atoms with Crippen molar-refractivity contribution < 1.29 is 24.5 Å². The molecule has 0 spiro atoms. The van der Waals surface area contributed by atoms with Crippen LogP contribution in [0.4, 0.5) is 5.69 Å². The van der Waals surface area contributed by atoms with Crippen LogP contribution >= 0.6 is 11.3 Å². The number of thiophene rings is 1.